The standard InChI is InChI=1S/C17H34N4O2/c1-4-23-16(22)7-5-10-19-17(18-3)20-11-6-12-21-13-8-15(2)9-14-21/h15H,4-14H2,1-3H3,(H2,18,19,20). The molecular formula is C17H34N4O2. The molecule has 134 valence electrons. The number of nitrogens with one attached hydrogen (secondary N) is 2. The van der Waals surface area contributed by atoms with Crippen molar-refractivity contribution < 1.29 is 9.53 Å². The zero-order chi connectivity index (χ0) is 16.9. The maximum absolute atomic E-state index is 11.2. The van der Waals surface area contributed by atoms with Gasteiger partial charge in [-0.3, -0.25) is 9.79 Å². The summed E-state index contributed by atoms with van der Waals surface area (Å²) in [6.07, 6.45) is 4.99. The fourth-order valence-electron chi connectivity index (χ4n) is 2.69. The minimum absolute atomic E-state index is 0.131. The lowest BCUT2D eigenvalue weighted by Crippen LogP contribution is -2.40. The van der Waals surface area contributed by atoms with Crippen LogP contribution in [0.25, 0.3) is 0 Å². The number of carbonyl (C=O) groups excluding carboxylic acids is 1. The van der Waals surface area contributed by atoms with E-state index in [1.165, 1.54) is 25.9 Å². The Morgan fingerprint density at radius 3 is 2.48 bits per heavy atom. The number of piperidine rings is 1. The number of ether oxygens (including phenoxy) is 1. The van der Waals surface area contributed by atoms with Crippen LogP contribution in [0.15, 0.2) is 4.99 Å². The van der Waals surface area contributed by atoms with Crippen molar-refractivity contribution in [3.63, 3.8) is 0 Å². The lowest BCUT2D eigenvalue weighted by molar-refractivity contribution is -0.143. The number of carbonyl (C=O) groups is 1. The van der Waals surface area contributed by atoms with Gasteiger partial charge in [0.1, 0.15) is 0 Å². The zero-order valence-electron chi connectivity index (χ0n) is 15.1. The summed E-state index contributed by atoms with van der Waals surface area (Å²) < 4.78 is 4.90. The molecule has 1 saturated heterocycles. The summed E-state index contributed by atoms with van der Waals surface area (Å²) in [6, 6.07) is 0. The van der Waals surface area contributed by atoms with Crippen molar-refractivity contribution in [2.45, 2.75) is 46.0 Å². The van der Waals surface area contributed by atoms with E-state index in [-0.39, 0.29) is 5.97 Å². The molecule has 1 fully saturated rings. The SMILES string of the molecule is CCOC(=O)CCCNC(=NC)NCCCN1CCC(C)CC1. The average Bonchev–Trinajstić information content (AvgIpc) is 2.55. The molecule has 0 aliphatic carbocycles. The monoisotopic (exact) mass is 326 g/mol. The van der Waals surface area contributed by atoms with Crippen LogP contribution in [0.4, 0.5) is 0 Å². The van der Waals surface area contributed by atoms with Crippen LogP contribution in [-0.2, 0) is 9.53 Å². The third-order valence-corrected chi connectivity index (χ3v) is 4.20. The number of aliphatic imine (C=N–C) groups is 1. The second-order valence-electron chi connectivity index (χ2n) is 6.21. The van der Waals surface area contributed by atoms with Gasteiger partial charge in [0.2, 0.25) is 0 Å². The molecule has 0 aromatic heterocycles. The van der Waals surface area contributed by atoms with Crippen LogP contribution in [-0.4, -0.2) is 63.2 Å². The summed E-state index contributed by atoms with van der Waals surface area (Å²) in [5.74, 6) is 1.57. The smallest absolute Gasteiger partial charge is 0.305 e. The maximum Gasteiger partial charge on any atom is 0.305 e. The van der Waals surface area contributed by atoms with E-state index in [2.05, 4.69) is 27.4 Å². The summed E-state index contributed by atoms with van der Waals surface area (Å²) in [4.78, 5) is 18.0. The van der Waals surface area contributed by atoms with E-state index in [0.717, 1.165) is 44.4 Å². The minimum Gasteiger partial charge on any atom is -0.466 e. The van der Waals surface area contributed by atoms with Crippen LogP contribution in [0, 0.1) is 5.92 Å². The van der Waals surface area contributed by atoms with Crippen LogP contribution in [0.3, 0.4) is 0 Å². The van der Waals surface area contributed by atoms with Gasteiger partial charge in [0.25, 0.3) is 0 Å². The Hall–Kier alpha value is -1.30. The van der Waals surface area contributed by atoms with Crippen LogP contribution in [0.5, 0.6) is 0 Å². The van der Waals surface area contributed by atoms with Gasteiger partial charge in [-0.05, 0) is 58.2 Å². The van der Waals surface area contributed by atoms with Crippen molar-refractivity contribution >= 4 is 11.9 Å². The van der Waals surface area contributed by atoms with E-state index in [4.69, 9.17) is 4.74 Å². The third-order valence-electron chi connectivity index (χ3n) is 4.20. The van der Waals surface area contributed by atoms with Crippen LogP contribution >= 0.6 is 0 Å². The number of hydrogen-bond acceptors (Lipinski definition) is 4. The van der Waals surface area contributed by atoms with Gasteiger partial charge in [-0.15, -0.1) is 0 Å². The van der Waals surface area contributed by atoms with Gasteiger partial charge in [0.05, 0.1) is 6.61 Å². The van der Waals surface area contributed by atoms with E-state index in [1.54, 1.807) is 7.05 Å². The van der Waals surface area contributed by atoms with Crippen molar-refractivity contribution in [3.8, 4) is 0 Å². The molecule has 0 radical (unpaired) electrons. The first kappa shape index (κ1) is 19.7. The average molecular weight is 326 g/mol. The van der Waals surface area contributed by atoms with Gasteiger partial charge in [-0.25, -0.2) is 0 Å². The highest BCUT2D eigenvalue weighted by molar-refractivity contribution is 5.79. The van der Waals surface area contributed by atoms with Crippen molar-refractivity contribution in [3.05, 3.63) is 0 Å². The highest BCUT2D eigenvalue weighted by Gasteiger charge is 2.14. The predicted molar refractivity (Wildman–Crippen MR) is 94.7 cm³/mol. The Bertz CT molecular complexity index is 353. The Kier molecular flexibility index (Phi) is 10.4. The van der Waals surface area contributed by atoms with Crippen LogP contribution in [0.2, 0.25) is 0 Å². The molecular weight excluding hydrogens is 292 g/mol. The highest BCUT2D eigenvalue weighted by Crippen LogP contribution is 2.15. The third kappa shape index (κ3) is 9.43. The molecule has 6 heteroatoms. The summed E-state index contributed by atoms with van der Waals surface area (Å²) in [7, 11) is 1.77. The first-order valence-corrected chi connectivity index (χ1v) is 8.98. The molecule has 0 unspecified atom stereocenters. The number of nitrogens with zero attached hydrogens (tertiary/aromatic N) is 2. The molecule has 0 aromatic rings. The quantitative estimate of drug-likeness (QED) is 0.292. The normalized spacial score (nSPS) is 17.1. The Morgan fingerprint density at radius 2 is 1.87 bits per heavy atom. The van der Waals surface area contributed by atoms with Gasteiger partial charge >= 0.3 is 5.97 Å². The lowest BCUT2D eigenvalue weighted by atomic mass is 9.99. The Labute approximate surface area is 141 Å². The van der Waals surface area contributed by atoms with E-state index in [0.29, 0.717) is 13.0 Å². The Balaban J connectivity index is 2.02. The second-order valence-corrected chi connectivity index (χ2v) is 6.21. The van der Waals surface area contributed by atoms with E-state index in [9.17, 15) is 4.79 Å². The predicted octanol–water partition coefficient (Wildman–Crippen LogP) is 1.62. The highest BCUT2D eigenvalue weighted by atomic mass is 16.5. The van der Waals surface area contributed by atoms with E-state index >= 15 is 0 Å². The maximum atomic E-state index is 11.2. The summed E-state index contributed by atoms with van der Waals surface area (Å²) in [5.41, 5.74) is 0. The van der Waals surface area contributed by atoms with E-state index < -0.39 is 0 Å². The topological polar surface area (TPSA) is 66.0 Å². The molecule has 0 saturated carbocycles. The molecule has 23 heavy (non-hydrogen) atoms. The molecule has 2 N–H and O–H groups in total. The van der Waals surface area contributed by atoms with Crippen molar-refractivity contribution in [1.82, 2.24) is 15.5 Å². The fourth-order valence-corrected chi connectivity index (χ4v) is 2.69. The van der Waals surface area contributed by atoms with Gasteiger partial charge in [0.15, 0.2) is 5.96 Å². The van der Waals surface area contributed by atoms with Crippen molar-refractivity contribution in [2.24, 2.45) is 10.9 Å². The number of rotatable bonds is 9. The summed E-state index contributed by atoms with van der Waals surface area (Å²) in [5, 5.41) is 6.56. The summed E-state index contributed by atoms with van der Waals surface area (Å²) in [6.45, 7) is 9.89. The molecule has 0 spiro atoms. The number of likely N-dealkylation sites (tertiary alicyclic amines) is 1. The first-order valence-electron chi connectivity index (χ1n) is 8.98. The molecule has 1 heterocycles. The second kappa shape index (κ2) is 12.2. The van der Waals surface area contributed by atoms with E-state index in [1.807, 2.05) is 6.92 Å². The molecule has 1 aliphatic heterocycles. The first-order chi connectivity index (χ1) is 11.2. The molecule has 0 amide bonds. The molecule has 0 atom stereocenters. The zero-order valence-corrected chi connectivity index (χ0v) is 15.1. The molecule has 6 nitrogen and oxygen atoms in total. The van der Waals surface area contributed by atoms with Crippen molar-refractivity contribution in [2.75, 3.05) is 46.4 Å². The molecule has 0 aromatic carbocycles. The van der Waals surface area contributed by atoms with Gasteiger partial charge in [-0.1, -0.05) is 6.92 Å². The molecule has 1 rings (SSSR count). The van der Waals surface area contributed by atoms with Crippen LogP contribution in [0.1, 0.15) is 46.0 Å². The van der Waals surface area contributed by atoms with Gasteiger partial charge < -0.3 is 20.3 Å². The van der Waals surface area contributed by atoms with Gasteiger partial charge in [-0.2, -0.15) is 0 Å². The van der Waals surface area contributed by atoms with Crippen molar-refractivity contribution in [1.29, 1.82) is 0 Å². The minimum atomic E-state index is -0.131. The van der Waals surface area contributed by atoms with Gasteiger partial charge in [0, 0.05) is 26.6 Å². The lowest BCUT2D eigenvalue weighted by Gasteiger charge is -2.30. The van der Waals surface area contributed by atoms with Crippen LogP contribution < -0.4 is 10.6 Å². The number of guanidine groups is 1. The number of esters is 1. The number of hydrogen-bond donors (Lipinski definition) is 2. The molecule has 0 bridgehead atoms. The largest absolute Gasteiger partial charge is 0.466 e. The Morgan fingerprint density at radius 1 is 1.22 bits per heavy atom. The molecule has 1 aliphatic rings. The summed E-state index contributed by atoms with van der Waals surface area (Å²) >= 11 is 0. The fraction of sp³-hybridized carbons (Fsp3) is 0.882.